The third kappa shape index (κ3) is 6.31. The number of carbonyl (C=O) groups excluding carboxylic acids is 1. The van der Waals surface area contributed by atoms with Crippen LogP contribution in [0.2, 0.25) is 0 Å². The van der Waals surface area contributed by atoms with E-state index in [0.29, 0.717) is 19.3 Å². The third-order valence-corrected chi connectivity index (χ3v) is 3.31. The number of nitriles is 1. The molecule has 0 aromatic carbocycles. The smallest absolute Gasteiger partial charge is 0.221 e. The molecule has 0 aliphatic heterocycles. The Hall–Kier alpha value is -1.04. The highest BCUT2D eigenvalue weighted by molar-refractivity contribution is 5.77. The van der Waals surface area contributed by atoms with E-state index >= 15 is 0 Å². The molecule has 0 aliphatic rings. The molecule has 0 atom stereocenters. The lowest BCUT2D eigenvalue weighted by atomic mass is 9.94. The Balaban J connectivity index is 3.88. The van der Waals surface area contributed by atoms with Gasteiger partial charge in [-0.3, -0.25) is 4.79 Å². The lowest BCUT2D eigenvalue weighted by Crippen LogP contribution is -2.46. The Morgan fingerprint density at radius 2 is 1.71 bits per heavy atom. The van der Waals surface area contributed by atoms with E-state index in [4.69, 9.17) is 5.26 Å². The maximum atomic E-state index is 11.7. The van der Waals surface area contributed by atoms with Crippen LogP contribution >= 0.6 is 0 Å². The van der Waals surface area contributed by atoms with E-state index in [-0.39, 0.29) is 5.91 Å². The van der Waals surface area contributed by atoms with Gasteiger partial charge in [0.05, 0.1) is 6.07 Å². The van der Waals surface area contributed by atoms with Crippen molar-refractivity contribution >= 4 is 5.91 Å². The van der Waals surface area contributed by atoms with E-state index in [9.17, 15) is 4.79 Å². The van der Waals surface area contributed by atoms with Crippen LogP contribution in [0.25, 0.3) is 0 Å². The fourth-order valence-corrected chi connectivity index (χ4v) is 1.83. The molecular weight excluding hydrogens is 212 g/mol. The van der Waals surface area contributed by atoms with Crippen molar-refractivity contribution < 1.29 is 4.79 Å². The first kappa shape index (κ1) is 16.0. The van der Waals surface area contributed by atoms with Crippen LogP contribution in [-0.2, 0) is 4.79 Å². The second-order valence-corrected chi connectivity index (χ2v) is 4.61. The standard InChI is InChI=1S/C14H26N2O/c1-4-7-8-9-10-11-13(17)16-14(5-2,6-3)12-15/h4-11H2,1-3H3,(H,16,17). The molecule has 0 aromatic rings. The fourth-order valence-electron chi connectivity index (χ4n) is 1.83. The lowest BCUT2D eigenvalue weighted by Gasteiger charge is -2.24. The van der Waals surface area contributed by atoms with Gasteiger partial charge in [-0.25, -0.2) is 0 Å². The molecule has 0 bridgehead atoms. The molecular formula is C14H26N2O. The van der Waals surface area contributed by atoms with Gasteiger partial charge >= 0.3 is 0 Å². The van der Waals surface area contributed by atoms with E-state index in [1.807, 2.05) is 13.8 Å². The Bertz CT molecular complexity index is 251. The van der Waals surface area contributed by atoms with E-state index in [0.717, 1.165) is 12.8 Å². The van der Waals surface area contributed by atoms with Gasteiger partial charge in [0.15, 0.2) is 0 Å². The normalized spacial score (nSPS) is 10.9. The van der Waals surface area contributed by atoms with Crippen LogP contribution in [-0.4, -0.2) is 11.4 Å². The Labute approximate surface area is 106 Å². The van der Waals surface area contributed by atoms with Gasteiger partial charge in [0.1, 0.15) is 5.54 Å². The van der Waals surface area contributed by atoms with Crippen LogP contribution in [0, 0.1) is 11.3 Å². The Morgan fingerprint density at radius 1 is 1.12 bits per heavy atom. The first-order valence-electron chi connectivity index (χ1n) is 6.86. The molecule has 0 fully saturated rings. The molecule has 0 heterocycles. The molecule has 1 N–H and O–H groups in total. The summed E-state index contributed by atoms with van der Waals surface area (Å²) < 4.78 is 0. The second kappa shape index (κ2) is 9.04. The highest BCUT2D eigenvalue weighted by Crippen LogP contribution is 2.14. The zero-order valence-corrected chi connectivity index (χ0v) is 11.5. The van der Waals surface area contributed by atoms with Crippen molar-refractivity contribution in [2.45, 2.75) is 77.7 Å². The number of amides is 1. The summed E-state index contributed by atoms with van der Waals surface area (Å²) in [7, 11) is 0. The highest BCUT2D eigenvalue weighted by atomic mass is 16.1. The third-order valence-electron chi connectivity index (χ3n) is 3.31. The summed E-state index contributed by atoms with van der Waals surface area (Å²) >= 11 is 0. The number of carbonyl (C=O) groups is 1. The molecule has 17 heavy (non-hydrogen) atoms. The summed E-state index contributed by atoms with van der Waals surface area (Å²) in [6, 6.07) is 2.22. The zero-order valence-electron chi connectivity index (χ0n) is 11.5. The summed E-state index contributed by atoms with van der Waals surface area (Å²) in [6.45, 7) is 6.05. The van der Waals surface area contributed by atoms with Crippen molar-refractivity contribution in [1.82, 2.24) is 5.32 Å². The van der Waals surface area contributed by atoms with Gasteiger partial charge < -0.3 is 5.32 Å². The average molecular weight is 238 g/mol. The van der Waals surface area contributed by atoms with Gasteiger partial charge in [-0.2, -0.15) is 5.26 Å². The summed E-state index contributed by atoms with van der Waals surface area (Å²) in [4.78, 5) is 11.7. The van der Waals surface area contributed by atoms with Gasteiger partial charge in [-0.05, 0) is 19.3 Å². The van der Waals surface area contributed by atoms with Gasteiger partial charge in [-0.15, -0.1) is 0 Å². The highest BCUT2D eigenvalue weighted by Gasteiger charge is 2.27. The van der Waals surface area contributed by atoms with Crippen molar-refractivity contribution in [3.8, 4) is 6.07 Å². The fraction of sp³-hybridized carbons (Fsp3) is 0.857. The van der Waals surface area contributed by atoms with E-state index in [1.54, 1.807) is 0 Å². The first-order chi connectivity index (χ1) is 8.14. The zero-order chi connectivity index (χ0) is 13.1. The van der Waals surface area contributed by atoms with Crippen molar-refractivity contribution in [2.75, 3.05) is 0 Å². The lowest BCUT2D eigenvalue weighted by molar-refractivity contribution is -0.122. The summed E-state index contributed by atoms with van der Waals surface area (Å²) in [5.74, 6) is 0.0201. The largest absolute Gasteiger partial charge is 0.338 e. The van der Waals surface area contributed by atoms with E-state index < -0.39 is 5.54 Å². The number of hydrogen-bond acceptors (Lipinski definition) is 2. The molecule has 3 nitrogen and oxygen atoms in total. The number of nitrogens with one attached hydrogen (secondary N) is 1. The quantitative estimate of drug-likeness (QED) is 0.625. The van der Waals surface area contributed by atoms with Crippen LogP contribution < -0.4 is 5.32 Å². The van der Waals surface area contributed by atoms with Crippen LogP contribution in [0.5, 0.6) is 0 Å². The number of nitrogens with zero attached hydrogens (tertiary/aromatic N) is 1. The minimum atomic E-state index is -0.652. The monoisotopic (exact) mass is 238 g/mol. The van der Waals surface area contributed by atoms with Crippen LogP contribution in [0.4, 0.5) is 0 Å². The maximum Gasteiger partial charge on any atom is 0.221 e. The second-order valence-electron chi connectivity index (χ2n) is 4.61. The van der Waals surface area contributed by atoms with Crippen molar-refractivity contribution in [1.29, 1.82) is 5.26 Å². The summed E-state index contributed by atoms with van der Waals surface area (Å²) in [5.41, 5.74) is -0.652. The molecule has 1 amide bonds. The summed E-state index contributed by atoms with van der Waals surface area (Å²) in [6.07, 6.45) is 7.59. The summed E-state index contributed by atoms with van der Waals surface area (Å²) in [5, 5.41) is 12.0. The molecule has 98 valence electrons. The van der Waals surface area contributed by atoms with Crippen molar-refractivity contribution in [2.24, 2.45) is 0 Å². The molecule has 0 aromatic heterocycles. The predicted molar refractivity (Wildman–Crippen MR) is 70.4 cm³/mol. The number of unbranched alkanes of at least 4 members (excludes halogenated alkanes) is 4. The molecule has 0 rings (SSSR count). The number of hydrogen-bond donors (Lipinski definition) is 1. The maximum absolute atomic E-state index is 11.7. The van der Waals surface area contributed by atoms with Gasteiger partial charge in [0.2, 0.25) is 5.91 Å². The minimum Gasteiger partial charge on any atom is -0.338 e. The first-order valence-corrected chi connectivity index (χ1v) is 6.86. The van der Waals surface area contributed by atoms with Crippen molar-refractivity contribution in [3.63, 3.8) is 0 Å². The predicted octanol–water partition coefficient (Wildman–Crippen LogP) is 3.55. The van der Waals surface area contributed by atoms with Crippen LogP contribution in [0.3, 0.4) is 0 Å². The molecule has 0 unspecified atom stereocenters. The molecule has 3 heteroatoms. The van der Waals surface area contributed by atoms with Crippen LogP contribution in [0.1, 0.15) is 72.1 Å². The Morgan fingerprint density at radius 3 is 2.18 bits per heavy atom. The topological polar surface area (TPSA) is 52.9 Å². The molecule has 0 aliphatic carbocycles. The molecule has 0 saturated heterocycles. The van der Waals surface area contributed by atoms with Gasteiger partial charge in [0.25, 0.3) is 0 Å². The Kier molecular flexibility index (Phi) is 8.49. The van der Waals surface area contributed by atoms with E-state index in [1.165, 1.54) is 19.3 Å². The van der Waals surface area contributed by atoms with Gasteiger partial charge in [0, 0.05) is 6.42 Å². The number of rotatable bonds is 9. The van der Waals surface area contributed by atoms with Crippen molar-refractivity contribution in [3.05, 3.63) is 0 Å². The molecule has 0 spiro atoms. The minimum absolute atomic E-state index is 0.0201. The SMILES string of the molecule is CCCCCCCC(=O)NC(C#N)(CC)CC. The average Bonchev–Trinajstić information content (AvgIpc) is 2.36. The molecule has 0 radical (unpaired) electrons. The van der Waals surface area contributed by atoms with Crippen LogP contribution in [0.15, 0.2) is 0 Å². The molecule has 0 saturated carbocycles. The van der Waals surface area contributed by atoms with E-state index in [2.05, 4.69) is 18.3 Å². The van der Waals surface area contributed by atoms with Gasteiger partial charge in [-0.1, -0.05) is 46.5 Å².